The second-order valence-corrected chi connectivity index (χ2v) is 15.4. The van der Waals surface area contributed by atoms with Crippen molar-refractivity contribution in [3.8, 4) is 0 Å². The van der Waals surface area contributed by atoms with E-state index in [0.717, 1.165) is 5.69 Å². The Kier molecular flexibility index (Phi) is 7.40. The minimum atomic E-state index is -1.29. The van der Waals surface area contributed by atoms with Gasteiger partial charge < -0.3 is 0 Å². The third-order valence-corrected chi connectivity index (χ3v) is 12.9. The van der Waals surface area contributed by atoms with Crippen molar-refractivity contribution < 1.29 is 38.2 Å². The number of hydrogen-bond donors (Lipinski definition) is 0. The van der Waals surface area contributed by atoms with Crippen LogP contribution in [0.5, 0.6) is 0 Å². The average molecular weight is 787 g/mol. The van der Waals surface area contributed by atoms with Gasteiger partial charge in [0.1, 0.15) is 6.33 Å². The molecule has 5 aromatic rings. The summed E-state index contributed by atoms with van der Waals surface area (Å²) in [5, 5.41) is 22.3. The average Bonchev–Trinajstić information content (AvgIpc) is 4.04. The summed E-state index contributed by atoms with van der Waals surface area (Å²) in [5.41, 5.74) is 2.22. The molecule has 4 atom stereocenters. The van der Waals surface area contributed by atoms with Gasteiger partial charge in [-0.3, -0.25) is 44.3 Å². The van der Waals surface area contributed by atoms with Gasteiger partial charge in [-0.15, -0.1) is 9.13 Å². The zero-order valence-electron chi connectivity index (χ0n) is 29.7. The molecular formula is C38H30N10O8S+2. The molecule has 11 rings (SSSR count). The molecular weight excluding hydrogens is 757 g/mol. The van der Waals surface area contributed by atoms with E-state index in [4.69, 9.17) is 0 Å². The van der Waals surface area contributed by atoms with Crippen LogP contribution in [0.25, 0.3) is 0 Å². The summed E-state index contributed by atoms with van der Waals surface area (Å²) in [6.07, 6.45) is 6.82. The van der Waals surface area contributed by atoms with Gasteiger partial charge in [0.25, 0.3) is 22.8 Å². The molecule has 0 saturated carbocycles. The van der Waals surface area contributed by atoms with Gasteiger partial charge in [-0.1, -0.05) is 36.4 Å². The zero-order valence-corrected chi connectivity index (χ0v) is 30.5. The van der Waals surface area contributed by atoms with Gasteiger partial charge in [0.2, 0.25) is 11.8 Å². The lowest BCUT2D eigenvalue weighted by molar-refractivity contribution is -0.802. The number of benzene rings is 2. The monoisotopic (exact) mass is 786 g/mol. The largest absolute Gasteiger partial charge is 0.427 e. The molecule has 3 saturated heterocycles. The Morgan fingerprint density at radius 1 is 0.702 bits per heavy atom. The number of aromatic nitrogens is 4. The molecule has 6 aliphatic rings. The maximum Gasteiger partial charge on any atom is 0.427 e. The van der Waals surface area contributed by atoms with E-state index in [-0.39, 0.29) is 47.8 Å². The van der Waals surface area contributed by atoms with Crippen LogP contribution in [-0.2, 0) is 27.2 Å². The smallest absolute Gasteiger partial charge is 0.274 e. The molecule has 6 aliphatic heterocycles. The van der Waals surface area contributed by atoms with Crippen LogP contribution < -0.4 is 9.13 Å². The van der Waals surface area contributed by atoms with Gasteiger partial charge in [0.05, 0.1) is 64.3 Å². The molecule has 19 heteroatoms. The summed E-state index contributed by atoms with van der Waals surface area (Å²) in [7, 11) is 0. The fraction of sp³-hybridized carbons (Fsp3) is 0.237. The number of thioether (sulfide) groups is 1. The molecule has 4 amide bonds. The highest BCUT2D eigenvalue weighted by molar-refractivity contribution is 8.00. The number of amides is 4. The van der Waals surface area contributed by atoms with E-state index < -0.39 is 33.0 Å². The summed E-state index contributed by atoms with van der Waals surface area (Å²) in [5.74, 6) is -1.39. The maximum absolute atomic E-state index is 13.6. The van der Waals surface area contributed by atoms with E-state index in [9.17, 15) is 39.4 Å². The number of carbonyl (C=O) groups is 4. The molecule has 284 valence electrons. The summed E-state index contributed by atoms with van der Waals surface area (Å²) in [6, 6.07) is 21.7. The van der Waals surface area contributed by atoms with E-state index in [2.05, 4.69) is 4.98 Å². The van der Waals surface area contributed by atoms with Crippen molar-refractivity contribution in [2.45, 2.75) is 42.5 Å². The normalized spacial score (nSPS) is 24.8. The standard InChI is InChI=1S/C20H15N6O4.C18H15N4O4S/c27-18-9-17(14-5-1-2-6-15(14)26(29)30)25-19(28)16-7-3-4-8-22(16)20(25)23(18)11-13-10-21-12-24(13)20;23-16-11-15(12-5-1-2-6-13(12)22(25)26)21-17(24)14-7-3-4-8-19(14)18(21)20(16)9-10-27-18/h1-8,10,12,17H,9,11H2;1-8,15H,9-11H2/q2*+1. The highest BCUT2D eigenvalue weighted by Gasteiger charge is 2.73. The number of hydrogen-bond acceptors (Lipinski definition) is 10. The molecule has 57 heavy (non-hydrogen) atoms. The lowest BCUT2D eigenvalue weighted by atomic mass is 9.96. The minimum Gasteiger partial charge on any atom is -0.274 e. The molecule has 9 heterocycles. The van der Waals surface area contributed by atoms with Crippen molar-refractivity contribution in [2.75, 3.05) is 12.3 Å². The first-order valence-corrected chi connectivity index (χ1v) is 19.0. The number of fused-ring (bicyclic) bond motifs is 3. The Hall–Kier alpha value is -7.02. The predicted molar refractivity (Wildman–Crippen MR) is 195 cm³/mol. The topological polar surface area (TPSA) is 193 Å². The number of nitro groups is 2. The fourth-order valence-electron chi connectivity index (χ4n) is 9.34. The second-order valence-electron chi connectivity index (χ2n) is 14.1. The Morgan fingerprint density at radius 2 is 1.25 bits per heavy atom. The van der Waals surface area contributed by atoms with Crippen LogP contribution in [0.4, 0.5) is 11.4 Å². The number of rotatable bonds is 4. The first kappa shape index (κ1) is 34.5. The van der Waals surface area contributed by atoms with Gasteiger partial charge in [-0.2, -0.15) is 0 Å². The fourth-order valence-corrected chi connectivity index (χ4v) is 10.9. The lowest BCUT2D eigenvalue weighted by Crippen LogP contribution is -2.75. The Labute approximate surface area is 326 Å². The number of carbonyl (C=O) groups excluding carboxylic acids is 4. The van der Waals surface area contributed by atoms with Crippen LogP contribution in [0, 0.1) is 20.2 Å². The van der Waals surface area contributed by atoms with Crippen LogP contribution >= 0.6 is 11.8 Å². The number of nitro benzene ring substituents is 2. The van der Waals surface area contributed by atoms with Crippen molar-refractivity contribution in [1.29, 1.82) is 0 Å². The number of pyridine rings is 2. The van der Waals surface area contributed by atoms with E-state index in [1.165, 1.54) is 23.9 Å². The van der Waals surface area contributed by atoms with Crippen LogP contribution in [0.3, 0.4) is 0 Å². The van der Waals surface area contributed by atoms with Gasteiger partial charge in [-0.25, -0.2) is 24.3 Å². The summed E-state index contributed by atoms with van der Waals surface area (Å²) < 4.78 is 5.39. The van der Waals surface area contributed by atoms with Gasteiger partial charge in [-0.05, 0) is 23.9 Å². The maximum atomic E-state index is 13.6. The predicted octanol–water partition coefficient (Wildman–Crippen LogP) is 2.76. The molecule has 0 N–H and O–H groups in total. The van der Waals surface area contributed by atoms with Crippen LogP contribution in [0.1, 0.15) is 62.7 Å². The van der Waals surface area contributed by atoms with Crippen LogP contribution in [0.15, 0.2) is 110 Å². The van der Waals surface area contributed by atoms with Gasteiger partial charge >= 0.3 is 22.8 Å². The number of imidazole rings is 1. The number of nitrogens with zero attached hydrogens (tertiary/aromatic N) is 10. The van der Waals surface area contributed by atoms with Crippen molar-refractivity contribution in [3.63, 3.8) is 0 Å². The Bertz CT molecular complexity index is 2640. The highest BCUT2D eigenvalue weighted by Crippen LogP contribution is 2.53. The summed E-state index contributed by atoms with van der Waals surface area (Å²) in [4.78, 5) is 86.4. The third kappa shape index (κ3) is 4.44. The summed E-state index contributed by atoms with van der Waals surface area (Å²) in [6.45, 7) is 0.839. The molecule has 3 fully saturated rings. The van der Waals surface area contributed by atoms with E-state index in [0.29, 0.717) is 41.4 Å². The quantitative estimate of drug-likeness (QED) is 0.149. The molecule has 2 spiro atoms. The van der Waals surface area contributed by atoms with Crippen molar-refractivity contribution in [2.24, 2.45) is 0 Å². The number of para-hydroxylation sites is 2. The van der Waals surface area contributed by atoms with Crippen molar-refractivity contribution in [1.82, 2.24) is 29.2 Å². The molecule has 2 aromatic carbocycles. The van der Waals surface area contributed by atoms with Crippen LogP contribution in [0.2, 0.25) is 0 Å². The van der Waals surface area contributed by atoms with Gasteiger partial charge in [0.15, 0.2) is 12.4 Å². The lowest BCUT2D eigenvalue weighted by Gasteiger charge is -2.44. The summed E-state index contributed by atoms with van der Waals surface area (Å²) >= 11 is 1.51. The van der Waals surface area contributed by atoms with Crippen molar-refractivity contribution in [3.05, 3.63) is 158 Å². The first-order chi connectivity index (χ1) is 27.6. The SMILES string of the molecule is O=C1CC(c2ccccc2[N+](=O)[O-])N2C(=O)c3cccc[n+]3C23N1Cc1cncn13.O=C1CC(c2ccccc2[N+](=O)[O-])N2C(=O)c3cccc[n+]3C23SCCN13. The molecule has 0 bridgehead atoms. The van der Waals surface area contributed by atoms with E-state index >= 15 is 0 Å². The Balaban J connectivity index is 0.000000140. The Morgan fingerprint density at radius 3 is 1.89 bits per heavy atom. The molecule has 0 radical (unpaired) electrons. The minimum absolute atomic E-state index is 0.0352. The molecule has 3 aromatic heterocycles. The van der Waals surface area contributed by atoms with Crippen LogP contribution in [-0.4, -0.2) is 74.9 Å². The second kappa shape index (κ2) is 12.2. The molecule has 4 unspecified atom stereocenters. The van der Waals surface area contributed by atoms with Crippen molar-refractivity contribution >= 4 is 46.8 Å². The van der Waals surface area contributed by atoms with Gasteiger partial charge in [0, 0.05) is 48.7 Å². The third-order valence-electron chi connectivity index (χ3n) is 11.5. The zero-order chi connectivity index (χ0) is 39.4. The highest BCUT2D eigenvalue weighted by atomic mass is 32.2. The van der Waals surface area contributed by atoms with E-state index in [1.54, 1.807) is 120 Å². The first-order valence-electron chi connectivity index (χ1n) is 18.0. The molecule has 18 nitrogen and oxygen atoms in total. The van der Waals surface area contributed by atoms with E-state index in [1.807, 2.05) is 10.6 Å². The molecule has 0 aliphatic carbocycles.